The topological polar surface area (TPSA) is 15.3 Å². The fraction of sp³-hybridized carbons (Fsp3) is 0.368. The van der Waals surface area contributed by atoms with Crippen LogP contribution in [0.2, 0.25) is 5.02 Å². The van der Waals surface area contributed by atoms with Crippen molar-refractivity contribution in [3.05, 3.63) is 59.1 Å². The monoisotopic (exact) mass is 346 g/mol. The minimum Gasteiger partial charge on any atom is -0.369 e. The fourth-order valence-electron chi connectivity index (χ4n) is 3.41. The summed E-state index contributed by atoms with van der Waals surface area (Å²) in [5.74, 6) is 0. The van der Waals surface area contributed by atoms with Gasteiger partial charge in [0.25, 0.3) is 0 Å². The summed E-state index contributed by atoms with van der Waals surface area (Å²) in [5, 5.41) is 4.50. The second-order valence-corrected chi connectivity index (χ2v) is 7.26. The van der Waals surface area contributed by atoms with Crippen molar-refractivity contribution in [2.75, 3.05) is 24.7 Å². The molecule has 1 saturated heterocycles. The lowest BCUT2D eigenvalue weighted by Gasteiger charge is -2.40. The molecule has 122 valence electrons. The van der Waals surface area contributed by atoms with Gasteiger partial charge in [0.2, 0.25) is 0 Å². The predicted octanol–water partition coefficient (Wildman–Crippen LogP) is 4.99. The van der Waals surface area contributed by atoms with Gasteiger partial charge in [0, 0.05) is 23.0 Å². The number of benzene rings is 2. The lowest BCUT2D eigenvalue weighted by Crippen LogP contribution is -2.47. The van der Waals surface area contributed by atoms with Crippen LogP contribution < -0.4 is 10.2 Å². The normalized spacial score (nSPS) is 21.2. The van der Waals surface area contributed by atoms with Crippen LogP contribution >= 0.6 is 23.4 Å². The molecule has 0 bridgehead atoms. The van der Waals surface area contributed by atoms with Gasteiger partial charge < -0.3 is 10.2 Å². The summed E-state index contributed by atoms with van der Waals surface area (Å²) < 4.78 is 0. The van der Waals surface area contributed by atoms with E-state index in [1.165, 1.54) is 29.0 Å². The average Bonchev–Trinajstić information content (AvgIpc) is 2.62. The summed E-state index contributed by atoms with van der Waals surface area (Å²) in [4.78, 5) is 3.68. The molecule has 4 heteroatoms. The highest BCUT2D eigenvalue weighted by Gasteiger charge is 2.30. The molecule has 1 aliphatic rings. The van der Waals surface area contributed by atoms with Crippen molar-refractivity contribution in [3.63, 3.8) is 0 Å². The lowest BCUT2D eigenvalue weighted by molar-refractivity contribution is 0.348. The number of likely N-dealkylation sites (N-methyl/N-ethyl adjacent to an activating group) is 1. The van der Waals surface area contributed by atoms with E-state index in [9.17, 15) is 0 Å². The van der Waals surface area contributed by atoms with Crippen LogP contribution in [0.4, 0.5) is 5.69 Å². The summed E-state index contributed by atoms with van der Waals surface area (Å²) in [6.45, 7) is 1.08. The first kappa shape index (κ1) is 16.7. The van der Waals surface area contributed by atoms with Crippen molar-refractivity contribution in [2.24, 2.45) is 0 Å². The highest BCUT2D eigenvalue weighted by Crippen LogP contribution is 2.36. The van der Waals surface area contributed by atoms with E-state index in [1.807, 2.05) is 6.07 Å². The van der Waals surface area contributed by atoms with Crippen LogP contribution in [0.1, 0.15) is 24.4 Å². The molecule has 1 heterocycles. The SMILES string of the molecule is CSc1ccc(Cl)cc1N(C)[C@@H]1CCCN[C@@H]1c1ccccc1. The molecule has 1 aliphatic heterocycles. The van der Waals surface area contributed by atoms with E-state index in [0.29, 0.717) is 12.1 Å². The Labute approximate surface area is 148 Å². The van der Waals surface area contributed by atoms with Crippen LogP contribution in [0.3, 0.4) is 0 Å². The van der Waals surface area contributed by atoms with Gasteiger partial charge in [-0.1, -0.05) is 41.9 Å². The summed E-state index contributed by atoms with van der Waals surface area (Å²) in [7, 11) is 2.19. The average molecular weight is 347 g/mol. The van der Waals surface area contributed by atoms with Gasteiger partial charge in [-0.05, 0) is 49.4 Å². The molecule has 1 N–H and O–H groups in total. The molecule has 0 aromatic heterocycles. The van der Waals surface area contributed by atoms with Crippen molar-refractivity contribution < 1.29 is 0 Å². The summed E-state index contributed by atoms with van der Waals surface area (Å²) in [6, 6.07) is 17.7. The maximum absolute atomic E-state index is 6.26. The zero-order valence-corrected chi connectivity index (χ0v) is 15.2. The molecule has 0 saturated carbocycles. The first-order valence-electron chi connectivity index (χ1n) is 8.05. The molecule has 0 aliphatic carbocycles. The van der Waals surface area contributed by atoms with Gasteiger partial charge in [-0.25, -0.2) is 0 Å². The van der Waals surface area contributed by atoms with Crippen LogP contribution in [0.25, 0.3) is 0 Å². The van der Waals surface area contributed by atoms with Gasteiger partial charge in [-0.3, -0.25) is 0 Å². The third-order valence-corrected chi connectivity index (χ3v) is 5.62. The molecule has 0 radical (unpaired) electrons. The van der Waals surface area contributed by atoms with E-state index in [-0.39, 0.29) is 0 Å². The van der Waals surface area contributed by atoms with Gasteiger partial charge in [-0.2, -0.15) is 0 Å². The molecule has 2 atom stereocenters. The Morgan fingerprint density at radius 1 is 1.17 bits per heavy atom. The second-order valence-electron chi connectivity index (χ2n) is 5.98. The standard InChI is InChI=1S/C19H23ClN2S/c1-22(17-13-15(20)10-11-18(17)23-2)16-9-6-12-21-19(16)14-7-4-3-5-8-14/h3-5,7-8,10-11,13,16,19,21H,6,9,12H2,1-2H3/t16-,19-/m1/s1. The first-order chi connectivity index (χ1) is 11.2. The quantitative estimate of drug-likeness (QED) is 0.785. The van der Waals surface area contributed by atoms with Gasteiger partial charge in [0.1, 0.15) is 0 Å². The molecule has 0 unspecified atom stereocenters. The van der Waals surface area contributed by atoms with E-state index in [1.54, 1.807) is 11.8 Å². The maximum atomic E-state index is 6.26. The van der Waals surface area contributed by atoms with Gasteiger partial charge >= 0.3 is 0 Å². The number of hydrogen-bond acceptors (Lipinski definition) is 3. The highest BCUT2D eigenvalue weighted by molar-refractivity contribution is 7.98. The van der Waals surface area contributed by atoms with Crippen molar-refractivity contribution in [2.45, 2.75) is 29.8 Å². The Kier molecular flexibility index (Phi) is 5.52. The Morgan fingerprint density at radius 2 is 1.96 bits per heavy atom. The smallest absolute Gasteiger partial charge is 0.0527 e. The number of halogens is 1. The number of anilines is 1. The minimum atomic E-state index is 0.351. The molecule has 2 aromatic carbocycles. The van der Waals surface area contributed by atoms with Crippen molar-refractivity contribution in [3.8, 4) is 0 Å². The maximum Gasteiger partial charge on any atom is 0.0527 e. The van der Waals surface area contributed by atoms with Crippen LogP contribution in [0.5, 0.6) is 0 Å². The first-order valence-corrected chi connectivity index (χ1v) is 9.65. The van der Waals surface area contributed by atoms with E-state index in [0.717, 1.165) is 11.6 Å². The van der Waals surface area contributed by atoms with E-state index in [2.05, 4.69) is 66.0 Å². The molecular weight excluding hydrogens is 324 g/mol. The largest absolute Gasteiger partial charge is 0.369 e. The van der Waals surface area contributed by atoms with Crippen molar-refractivity contribution in [1.29, 1.82) is 0 Å². The molecular formula is C19H23ClN2S. The van der Waals surface area contributed by atoms with Gasteiger partial charge in [0.05, 0.1) is 11.7 Å². The van der Waals surface area contributed by atoms with Crippen molar-refractivity contribution in [1.82, 2.24) is 5.32 Å². The van der Waals surface area contributed by atoms with Crippen LogP contribution in [0, 0.1) is 0 Å². The Morgan fingerprint density at radius 3 is 2.70 bits per heavy atom. The predicted molar refractivity (Wildman–Crippen MR) is 102 cm³/mol. The molecule has 0 spiro atoms. The van der Waals surface area contributed by atoms with Crippen molar-refractivity contribution >= 4 is 29.1 Å². The summed E-state index contributed by atoms with van der Waals surface area (Å²) in [5.41, 5.74) is 2.58. The fourth-order valence-corrected chi connectivity index (χ4v) is 4.19. The number of nitrogens with zero attached hydrogens (tertiary/aromatic N) is 1. The highest BCUT2D eigenvalue weighted by atomic mass is 35.5. The lowest BCUT2D eigenvalue weighted by atomic mass is 9.91. The number of thioether (sulfide) groups is 1. The number of piperidine rings is 1. The molecule has 3 rings (SSSR count). The zero-order valence-electron chi connectivity index (χ0n) is 13.6. The van der Waals surface area contributed by atoms with Crippen LogP contribution in [0.15, 0.2) is 53.4 Å². The van der Waals surface area contributed by atoms with Crippen LogP contribution in [-0.2, 0) is 0 Å². The Hall–Kier alpha value is -1.16. The molecule has 1 fully saturated rings. The Bertz CT molecular complexity index is 647. The minimum absolute atomic E-state index is 0.351. The number of hydrogen-bond donors (Lipinski definition) is 1. The summed E-state index contributed by atoms with van der Waals surface area (Å²) >= 11 is 8.03. The third-order valence-electron chi connectivity index (χ3n) is 4.60. The molecule has 2 nitrogen and oxygen atoms in total. The number of nitrogens with one attached hydrogen (secondary N) is 1. The van der Waals surface area contributed by atoms with E-state index >= 15 is 0 Å². The van der Waals surface area contributed by atoms with Gasteiger partial charge in [-0.15, -0.1) is 11.8 Å². The van der Waals surface area contributed by atoms with E-state index < -0.39 is 0 Å². The van der Waals surface area contributed by atoms with E-state index in [4.69, 9.17) is 11.6 Å². The summed E-state index contributed by atoms with van der Waals surface area (Å²) in [6.07, 6.45) is 4.51. The molecule has 23 heavy (non-hydrogen) atoms. The van der Waals surface area contributed by atoms with Gasteiger partial charge in [0.15, 0.2) is 0 Å². The zero-order chi connectivity index (χ0) is 16.2. The second kappa shape index (κ2) is 7.61. The Balaban J connectivity index is 1.93. The molecule has 2 aromatic rings. The third kappa shape index (κ3) is 3.68. The number of rotatable bonds is 4. The molecule has 0 amide bonds. The van der Waals surface area contributed by atoms with Crippen LogP contribution in [-0.4, -0.2) is 25.9 Å².